The normalized spacial score (nSPS) is 11.2. The molecule has 1 aromatic carbocycles. The molecule has 5 nitrogen and oxygen atoms in total. The molecule has 0 amide bonds. The number of methoxy groups -OCH3 is 1. The van der Waals surface area contributed by atoms with Gasteiger partial charge in [0.15, 0.2) is 0 Å². The molecule has 0 spiro atoms. The average Bonchev–Trinajstić information content (AvgIpc) is 2.36. The summed E-state index contributed by atoms with van der Waals surface area (Å²) in [6, 6.07) is 8.07. The van der Waals surface area contributed by atoms with Crippen LogP contribution < -0.4 is 0 Å². The van der Waals surface area contributed by atoms with Gasteiger partial charge in [-0.05, 0) is 25.2 Å². The second-order valence-corrected chi connectivity index (χ2v) is 5.16. The fourth-order valence-corrected chi connectivity index (χ4v) is 1.99. The summed E-state index contributed by atoms with van der Waals surface area (Å²) >= 11 is 0. The molecule has 0 fully saturated rings. The Labute approximate surface area is 120 Å². The maximum Gasteiger partial charge on any atom is 0.317 e. The highest BCUT2D eigenvalue weighted by atomic mass is 16.5. The van der Waals surface area contributed by atoms with Crippen molar-refractivity contribution in [1.29, 1.82) is 0 Å². The number of carbonyl (C=O) groups is 1. The van der Waals surface area contributed by atoms with Crippen LogP contribution in [0.4, 0.5) is 0 Å². The van der Waals surface area contributed by atoms with Gasteiger partial charge in [0.25, 0.3) is 0 Å². The number of rotatable bonds is 9. The molecule has 0 unspecified atom stereocenters. The predicted molar refractivity (Wildman–Crippen MR) is 78.6 cm³/mol. The summed E-state index contributed by atoms with van der Waals surface area (Å²) in [7, 11) is 5.64. The standard InChI is InChI=1S/C15H24N2O3/c1-16(2)7-8-17(11-15(18)19)10-13-5-4-6-14(9-13)12-20-3/h4-6,9H,7-8,10-12H2,1-3H3,(H,18,19). The van der Waals surface area contributed by atoms with Crippen LogP contribution in [0.15, 0.2) is 24.3 Å². The van der Waals surface area contributed by atoms with E-state index in [1.165, 1.54) is 0 Å². The van der Waals surface area contributed by atoms with Gasteiger partial charge in [-0.15, -0.1) is 0 Å². The lowest BCUT2D eigenvalue weighted by atomic mass is 10.1. The summed E-state index contributed by atoms with van der Waals surface area (Å²) in [6.45, 7) is 2.84. The smallest absolute Gasteiger partial charge is 0.317 e. The van der Waals surface area contributed by atoms with E-state index in [9.17, 15) is 4.79 Å². The summed E-state index contributed by atoms with van der Waals surface area (Å²) in [6.07, 6.45) is 0. The van der Waals surface area contributed by atoms with Crippen LogP contribution in [-0.4, -0.2) is 61.7 Å². The molecule has 0 heterocycles. The van der Waals surface area contributed by atoms with Gasteiger partial charge in [0.05, 0.1) is 13.2 Å². The van der Waals surface area contributed by atoms with E-state index in [1.807, 2.05) is 37.2 Å². The molecule has 1 N–H and O–H groups in total. The maximum atomic E-state index is 10.9. The number of hydrogen-bond acceptors (Lipinski definition) is 4. The molecule has 0 aliphatic rings. The third-order valence-electron chi connectivity index (χ3n) is 2.93. The van der Waals surface area contributed by atoms with Crippen LogP contribution in [0.2, 0.25) is 0 Å². The van der Waals surface area contributed by atoms with Crippen LogP contribution in [0.5, 0.6) is 0 Å². The van der Waals surface area contributed by atoms with Crippen molar-refractivity contribution in [3.8, 4) is 0 Å². The van der Waals surface area contributed by atoms with E-state index in [1.54, 1.807) is 7.11 Å². The third kappa shape index (κ3) is 6.65. The largest absolute Gasteiger partial charge is 0.480 e. The molecule has 0 bridgehead atoms. The molecule has 5 heteroatoms. The van der Waals surface area contributed by atoms with Crippen molar-refractivity contribution in [2.45, 2.75) is 13.2 Å². The molecule has 0 aromatic heterocycles. The first-order valence-corrected chi connectivity index (χ1v) is 6.67. The maximum absolute atomic E-state index is 10.9. The minimum Gasteiger partial charge on any atom is -0.480 e. The number of hydrogen-bond donors (Lipinski definition) is 1. The Hall–Kier alpha value is -1.43. The van der Waals surface area contributed by atoms with Gasteiger partial charge in [-0.25, -0.2) is 0 Å². The molecular weight excluding hydrogens is 256 g/mol. The summed E-state index contributed by atoms with van der Waals surface area (Å²) in [5.74, 6) is -0.795. The van der Waals surface area contributed by atoms with Gasteiger partial charge in [-0.1, -0.05) is 24.3 Å². The number of carboxylic acid groups (broad SMARTS) is 1. The summed E-state index contributed by atoms with van der Waals surface area (Å²) in [5, 5.41) is 8.99. The van der Waals surface area contributed by atoms with E-state index in [0.717, 1.165) is 24.2 Å². The van der Waals surface area contributed by atoms with Crippen molar-refractivity contribution in [2.75, 3.05) is 40.8 Å². The Kier molecular flexibility index (Phi) is 7.22. The number of ether oxygens (including phenoxy) is 1. The Morgan fingerprint density at radius 2 is 1.95 bits per heavy atom. The van der Waals surface area contributed by atoms with Crippen molar-refractivity contribution in [1.82, 2.24) is 9.80 Å². The van der Waals surface area contributed by atoms with Crippen LogP contribution >= 0.6 is 0 Å². The fourth-order valence-electron chi connectivity index (χ4n) is 1.99. The van der Waals surface area contributed by atoms with Crippen molar-refractivity contribution in [2.24, 2.45) is 0 Å². The average molecular weight is 280 g/mol. The van der Waals surface area contributed by atoms with Gasteiger partial charge >= 0.3 is 5.97 Å². The first kappa shape index (κ1) is 16.6. The van der Waals surface area contributed by atoms with E-state index < -0.39 is 5.97 Å². The SMILES string of the molecule is COCc1cccc(CN(CCN(C)C)CC(=O)O)c1. The van der Waals surface area contributed by atoms with E-state index in [0.29, 0.717) is 13.2 Å². The van der Waals surface area contributed by atoms with E-state index in [-0.39, 0.29) is 6.54 Å². The molecule has 112 valence electrons. The van der Waals surface area contributed by atoms with Crippen molar-refractivity contribution >= 4 is 5.97 Å². The Morgan fingerprint density at radius 3 is 2.55 bits per heavy atom. The van der Waals surface area contributed by atoms with E-state index in [2.05, 4.69) is 11.0 Å². The second-order valence-electron chi connectivity index (χ2n) is 5.16. The molecule has 0 aliphatic carbocycles. The molecule has 20 heavy (non-hydrogen) atoms. The number of nitrogens with zero attached hydrogens (tertiary/aromatic N) is 2. The minimum absolute atomic E-state index is 0.0579. The molecule has 0 atom stereocenters. The molecule has 0 saturated heterocycles. The zero-order chi connectivity index (χ0) is 15.0. The van der Waals surface area contributed by atoms with Crippen LogP contribution in [0.1, 0.15) is 11.1 Å². The van der Waals surface area contributed by atoms with Gasteiger partial charge in [0, 0.05) is 26.7 Å². The Morgan fingerprint density at radius 1 is 1.25 bits per heavy atom. The van der Waals surface area contributed by atoms with Gasteiger partial charge < -0.3 is 14.7 Å². The number of aliphatic carboxylic acids is 1. The lowest BCUT2D eigenvalue weighted by molar-refractivity contribution is -0.138. The van der Waals surface area contributed by atoms with Gasteiger partial charge in [-0.2, -0.15) is 0 Å². The molecule has 0 radical (unpaired) electrons. The second kappa shape index (κ2) is 8.68. The van der Waals surface area contributed by atoms with Crippen LogP contribution in [0, 0.1) is 0 Å². The lowest BCUT2D eigenvalue weighted by Crippen LogP contribution is -2.35. The zero-order valence-electron chi connectivity index (χ0n) is 12.5. The van der Waals surface area contributed by atoms with Crippen molar-refractivity contribution < 1.29 is 14.6 Å². The Balaban J connectivity index is 2.67. The highest BCUT2D eigenvalue weighted by Crippen LogP contribution is 2.09. The van der Waals surface area contributed by atoms with Crippen LogP contribution in [0.3, 0.4) is 0 Å². The topological polar surface area (TPSA) is 53.0 Å². The molecule has 0 aliphatic heterocycles. The molecule has 1 aromatic rings. The van der Waals surface area contributed by atoms with Crippen molar-refractivity contribution in [3.63, 3.8) is 0 Å². The molecule has 1 rings (SSSR count). The highest BCUT2D eigenvalue weighted by Gasteiger charge is 2.11. The first-order chi connectivity index (χ1) is 9.51. The van der Waals surface area contributed by atoms with Crippen LogP contribution in [0.25, 0.3) is 0 Å². The van der Waals surface area contributed by atoms with E-state index in [4.69, 9.17) is 9.84 Å². The predicted octanol–water partition coefficient (Wildman–Crippen LogP) is 1.28. The van der Waals surface area contributed by atoms with E-state index >= 15 is 0 Å². The lowest BCUT2D eigenvalue weighted by Gasteiger charge is -2.22. The molecule has 0 saturated carbocycles. The third-order valence-corrected chi connectivity index (χ3v) is 2.93. The van der Waals surface area contributed by atoms with Gasteiger partial charge in [-0.3, -0.25) is 9.69 Å². The quantitative estimate of drug-likeness (QED) is 0.738. The summed E-state index contributed by atoms with van der Waals surface area (Å²) < 4.78 is 5.12. The van der Waals surface area contributed by atoms with Gasteiger partial charge in [0.1, 0.15) is 0 Å². The van der Waals surface area contributed by atoms with Crippen molar-refractivity contribution in [3.05, 3.63) is 35.4 Å². The Bertz CT molecular complexity index is 421. The minimum atomic E-state index is -0.795. The highest BCUT2D eigenvalue weighted by molar-refractivity contribution is 5.69. The number of benzene rings is 1. The zero-order valence-corrected chi connectivity index (χ0v) is 12.5. The number of likely N-dealkylation sites (N-methyl/N-ethyl adjacent to an activating group) is 1. The van der Waals surface area contributed by atoms with Gasteiger partial charge in [0.2, 0.25) is 0 Å². The monoisotopic (exact) mass is 280 g/mol. The fraction of sp³-hybridized carbons (Fsp3) is 0.533. The number of carboxylic acids is 1. The van der Waals surface area contributed by atoms with Crippen LogP contribution in [-0.2, 0) is 22.7 Å². The summed E-state index contributed by atoms with van der Waals surface area (Å²) in [4.78, 5) is 14.9. The summed E-state index contributed by atoms with van der Waals surface area (Å²) in [5.41, 5.74) is 2.22. The first-order valence-electron chi connectivity index (χ1n) is 6.67. The molecular formula is C15H24N2O3.